The van der Waals surface area contributed by atoms with Crippen molar-refractivity contribution in [3.8, 4) is 0 Å². The van der Waals surface area contributed by atoms with Gasteiger partial charge in [-0.05, 0) is 12.2 Å². The molecule has 0 bridgehead atoms. The van der Waals surface area contributed by atoms with Crippen molar-refractivity contribution in [2.45, 2.75) is 33.2 Å². The van der Waals surface area contributed by atoms with Crippen molar-refractivity contribution in [3.63, 3.8) is 0 Å². The molecule has 1 amide bonds. The highest BCUT2D eigenvalue weighted by Gasteiger charge is 2.26. The number of nitrogens with one attached hydrogen (secondary N) is 1. The van der Waals surface area contributed by atoms with E-state index in [0.29, 0.717) is 12.2 Å². The maximum absolute atomic E-state index is 11.5. The third-order valence-corrected chi connectivity index (χ3v) is 1.96. The molecule has 0 aromatic carbocycles. The molecule has 2 N–H and O–H groups in total. The van der Waals surface area contributed by atoms with E-state index in [9.17, 15) is 9.59 Å². The number of thiol groups is 1. The Labute approximate surface area is 89.5 Å². The minimum atomic E-state index is -1.02. The monoisotopic (exact) mass is 219 g/mol. The topological polar surface area (TPSA) is 66.4 Å². The molecule has 0 heterocycles. The van der Waals surface area contributed by atoms with E-state index in [1.54, 1.807) is 20.8 Å². The molecule has 1 atom stereocenters. The molecule has 0 radical (unpaired) electrons. The number of carbonyl (C=O) groups excluding carboxylic acids is 1. The lowest BCUT2D eigenvalue weighted by atomic mass is 9.95. The fourth-order valence-electron chi connectivity index (χ4n) is 0.761. The Hall–Kier alpha value is -0.710. The molecule has 82 valence electrons. The van der Waals surface area contributed by atoms with E-state index in [1.807, 2.05) is 0 Å². The van der Waals surface area contributed by atoms with E-state index in [2.05, 4.69) is 17.9 Å². The van der Waals surface area contributed by atoms with Crippen LogP contribution in [0.3, 0.4) is 0 Å². The first-order valence-corrected chi connectivity index (χ1v) is 5.07. The van der Waals surface area contributed by atoms with Crippen LogP contribution in [0.1, 0.15) is 27.2 Å². The largest absolute Gasteiger partial charge is 0.480 e. The van der Waals surface area contributed by atoms with E-state index in [4.69, 9.17) is 5.11 Å². The number of rotatable bonds is 4. The fourth-order valence-corrected chi connectivity index (χ4v) is 1.02. The van der Waals surface area contributed by atoms with Crippen molar-refractivity contribution in [1.82, 2.24) is 5.32 Å². The van der Waals surface area contributed by atoms with Gasteiger partial charge in [-0.25, -0.2) is 4.79 Å². The first-order valence-electron chi connectivity index (χ1n) is 4.43. The lowest BCUT2D eigenvalue weighted by molar-refractivity contribution is -0.143. The Morgan fingerprint density at radius 1 is 1.43 bits per heavy atom. The number of aliphatic carboxylic acids is 1. The third kappa shape index (κ3) is 4.50. The summed E-state index contributed by atoms with van der Waals surface area (Å²) in [7, 11) is 0. The lowest BCUT2D eigenvalue weighted by Crippen LogP contribution is -2.45. The second-order valence-corrected chi connectivity index (χ2v) is 4.57. The number of carbonyl (C=O) groups is 2. The van der Waals surface area contributed by atoms with Crippen LogP contribution >= 0.6 is 12.6 Å². The maximum Gasteiger partial charge on any atom is 0.326 e. The van der Waals surface area contributed by atoms with Gasteiger partial charge in [0, 0.05) is 5.41 Å². The van der Waals surface area contributed by atoms with Crippen molar-refractivity contribution < 1.29 is 14.7 Å². The van der Waals surface area contributed by atoms with Crippen molar-refractivity contribution in [2.24, 2.45) is 5.41 Å². The molecule has 0 aliphatic carbocycles. The summed E-state index contributed by atoms with van der Waals surface area (Å²) in [5.41, 5.74) is -0.565. The van der Waals surface area contributed by atoms with Gasteiger partial charge in [-0.1, -0.05) is 20.8 Å². The number of hydrogen-bond donors (Lipinski definition) is 3. The van der Waals surface area contributed by atoms with Crippen LogP contribution in [0.15, 0.2) is 0 Å². The van der Waals surface area contributed by atoms with Gasteiger partial charge >= 0.3 is 5.97 Å². The molecule has 4 nitrogen and oxygen atoms in total. The third-order valence-electron chi connectivity index (χ3n) is 1.70. The minimum Gasteiger partial charge on any atom is -0.480 e. The summed E-state index contributed by atoms with van der Waals surface area (Å²) in [5, 5.41) is 11.2. The summed E-state index contributed by atoms with van der Waals surface area (Å²) in [6.45, 7) is 5.21. The molecule has 0 aliphatic heterocycles. The average molecular weight is 219 g/mol. The molecule has 0 rings (SSSR count). The zero-order valence-electron chi connectivity index (χ0n) is 8.70. The van der Waals surface area contributed by atoms with Crippen molar-refractivity contribution >= 4 is 24.5 Å². The van der Waals surface area contributed by atoms with Crippen LogP contribution in [0, 0.1) is 5.41 Å². The standard InChI is InChI=1S/C9H17NO3S/c1-9(2,3)8(13)10-6(4-5-14)7(11)12/h6,14H,4-5H2,1-3H3,(H,10,13)(H,11,12). The fraction of sp³-hybridized carbons (Fsp3) is 0.778. The number of carboxylic acid groups (broad SMARTS) is 1. The predicted octanol–water partition coefficient (Wildman–Crippen LogP) is 0.922. The normalized spacial score (nSPS) is 13.4. The van der Waals surface area contributed by atoms with Crippen molar-refractivity contribution in [1.29, 1.82) is 0 Å². The molecule has 0 saturated carbocycles. The number of carboxylic acids is 1. The molecular formula is C9H17NO3S. The second-order valence-electron chi connectivity index (χ2n) is 4.13. The van der Waals surface area contributed by atoms with E-state index in [-0.39, 0.29) is 5.91 Å². The van der Waals surface area contributed by atoms with Crippen molar-refractivity contribution in [3.05, 3.63) is 0 Å². The van der Waals surface area contributed by atoms with Crippen LogP contribution in [0.2, 0.25) is 0 Å². The Morgan fingerprint density at radius 3 is 2.21 bits per heavy atom. The summed E-state index contributed by atoms with van der Waals surface area (Å²) in [6, 6.07) is -0.834. The zero-order valence-corrected chi connectivity index (χ0v) is 9.60. The highest BCUT2D eigenvalue weighted by atomic mass is 32.1. The lowest BCUT2D eigenvalue weighted by Gasteiger charge is -2.21. The molecule has 0 aromatic rings. The molecular weight excluding hydrogens is 202 g/mol. The Bertz CT molecular complexity index is 223. The predicted molar refractivity (Wildman–Crippen MR) is 57.5 cm³/mol. The summed E-state index contributed by atoms with van der Waals surface area (Å²) >= 11 is 3.93. The molecule has 0 spiro atoms. The average Bonchev–Trinajstić information content (AvgIpc) is 2.01. The molecule has 14 heavy (non-hydrogen) atoms. The second kappa shape index (κ2) is 5.24. The summed E-state index contributed by atoms with van der Waals surface area (Å²) in [5.74, 6) is -0.843. The van der Waals surface area contributed by atoms with Gasteiger partial charge in [0.25, 0.3) is 0 Å². The van der Waals surface area contributed by atoms with E-state index in [0.717, 1.165) is 0 Å². The zero-order chi connectivity index (χ0) is 11.4. The molecule has 0 aliphatic rings. The highest BCUT2D eigenvalue weighted by molar-refractivity contribution is 7.80. The van der Waals surface area contributed by atoms with Crippen LogP contribution in [0.5, 0.6) is 0 Å². The van der Waals surface area contributed by atoms with Gasteiger partial charge in [-0.15, -0.1) is 0 Å². The van der Waals surface area contributed by atoms with E-state index < -0.39 is 17.4 Å². The quantitative estimate of drug-likeness (QED) is 0.616. The van der Waals surface area contributed by atoms with Crippen molar-refractivity contribution in [2.75, 3.05) is 5.75 Å². The van der Waals surface area contributed by atoms with Crippen LogP contribution in [-0.2, 0) is 9.59 Å². The van der Waals surface area contributed by atoms with Crippen LogP contribution in [-0.4, -0.2) is 28.8 Å². The van der Waals surface area contributed by atoms with Crippen LogP contribution in [0.25, 0.3) is 0 Å². The highest BCUT2D eigenvalue weighted by Crippen LogP contribution is 2.13. The molecule has 0 fully saturated rings. The van der Waals surface area contributed by atoms with E-state index >= 15 is 0 Å². The summed E-state index contributed by atoms with van der Waals surface area (Å²) < 4.78 is 0. The van der Waals surface area contributed by atoms with Crippen LogP contribution < -0.4 is 5.32 Å². The van der Waals surface area contributed by atoms with Crippen LogP contribution in [0.4, 0.5) is 0 Å². The summed E-state index contributed by atoms with van der Waals surface area (Å²) in [6.07, 6.45) is 0.334. The number of hydrogen-bond acceptors (Lipinski definition) is 3. The van der Waals surface area contributed by atoms with Gasteiger partial charge < -0.3 is 10.4 Å². The molecule has 5 heteroatoms. The summed E-state index contributed by atoms with van der Waals surface area (Å²) in [4.78, 5) is 22.2. The van der Waals surface area contributed by atoms with Gasteiger partial charge in [-0.3, -0.25) is 4.79 Å². The SMILES string of the molecule is CC(C)(C)C(=O)NC(CCS)C(=O)O. The molecule has 0 aromatic heterocycles. The Balaban J connectivity index is 4.31. The maximum atomic E-state index is 11.5. The first-order chi connectivity index (χ1) is 6.29. The van der Waals surface area contributed by atoms with E-state index in [1.165, 1.54) is 0 Å². The van der Waals surface area contributed by atoms with Gasteiger partial charge in [-0.2, -0.15) is 12.6 Å². The van der Waals surface area contributed by atoms with Gasteiger partial charge in [0.05, 0.1) is 0 Å². The van der Waals surface area contributed by atoms with Gasteiger partial charge in [0.2, 0.25) is 5.91 Å². The minimum absolute atomic E-state index is 0.258. The Kier molecular flexibility index (Phi) is 4.97. The first kappa shape index (κ1) is 13.3. The molecule has 1 unspecified atom stereocenters. The molecule has 0 saturated heterocycles. The Morgan fingerprint density at radius 2 is 1.93 bits per heavy atom. The van der Waals surface area contributed by atoms with Gasteiger partial charge in [0.15, 0.2) is 0 Å². The number of amides is 1. The smallest absolute Gasteiger partial charge is 0.326 e. The van der Waals surface area contributed by atoms with Gasteiger partial charge in [0.1, 0.15) is 6.04 Å².